The third kappa shape index (κ3) is 3.41. The van der Waals surface area contributed by atoms with Crippen LogP contribution in [0.2, 0.25) is 0 Å². The van der Waals surface area contributed by atoms with Crippen LogP contribution in [0.25, 0.3) is 11.5 Å². The van der Waals surface area contributed by atoms with Crippen LogP contribution < -0.4 is 4.74 Å². The number of hydrogen-bond acceptors (Lipinski definition) is 6. The summed E-state index contributed by atoms with van der Waals surface area (Å²) in [5.74, 6) is 2.01. The molecule has 1 aromatic heterocycles. The summed E-state index contributed by atoms with van der Waals surface area (Å²) in [6.07, 6.45) is 0. The van der Waals surface area contributed by atoms with Crippen molar-refractivity contribution >= 4 is 5.91 Å². The van der Waals surface area contributed by atoms with Crippen LogP contribution in [0.5, 0.6) is 5.75 Å². The molecule has 0 spiro atoms. The third-order valence-corrected chi connectivity index (χ3v) is 4.44. The van der Waals surface area contributed by atoms with Gasteiger partial charge in [-0.1, -0.05) is 0 Å². The van der Waals surface area contributed by atoms with Gasteiger partial charge >= 0.3 is 0 Å². The number of nitrogens with zero attached hydrogens (tertiary/aromatic N) is 4. The molecular weight excluding hydrogens is 308 g/mol. The predicted octanol–water partition coefficient (Wildman–Crippen LogP) is 1.97. The molecular formula is C17H22N4O3. The average Bonchev–Trinajstić information content (AvgIpc) is 3.11. The first-order valence-corrected chi connectivity index (χ1v) is 8.06. The van der Waals surface area contributed by atoms with Gasteiger partial charge in [-0.25, -0.2) is 0 Å². The molecule has 1 atom stereocenters. The molecule has 0 unspecified atom stereocenters. The van der Waals surface area contributed by atoms with Crippen LogP contribution in [0, 0.1) is 0 Å². The number of methoxy groups -OCH3 is 1. The van der Waals surface area contributed by atoms with Crippen molar-refractivity contribution in [2.75, 3.05) is 33.3 Å². The van der Waals surface area contributed by atoms with Crippen LogP contribution in [-0.2, 0) is 4.79 Å². The number of carbonyl (C=O) groups excluding carboxylic acids is 1. The number of carbonyl (C=O) groups is 1. The number of benzene rings is 1. The minimum Gasteiger partial charge on any atom is -0.497 e. The first kappa shape index (κ1) is 16.4. The van der Waals surface area contributed by atoms with E-state index in [0.717, 1.165) is 37.5 Å². The molecule has 2 aromatic rings. The van der Waals surface area contributed by atoms with E-state index in [0.29, 0.717) is 11.8 Å². The van der Waals surface area contributed by atoms with Crippen molar-refractivity contribution in [3.8, 4) is 17.2 Å². The fourth-order valence-corrected chi connectivity index (χ4v) is 2.83. The topological polar surface area (TPSA) is 71.7 Å². The summed E-state index contributed by atoms with van der Waals surface area (Å²) < 4.78 is 11.0. The molecule has 1 fully saturated rings. The van der Waals surface area contributed by atoms with E-state index in [1.165, 1.54) is 0 Å². The molecule has 0 saturated carbocycles. The standard InChI is InChI=1S/C17H22N4O3/c1-12(20-8-10-21(11-9-20)13(2)22)16-18-19-17(24-16)14-4-6-15(23-3)7-5-14/h4-7,12H,8-11H2,1-3H3/t12-/m0/s1. The highest BCUT2D eigenvalue weighted by Gasteiger charge is 2.26. The maximum absolute atomic E-state index is 11.4. The molecule has 1 aliphatic heterocycles. The Morgan fingerprint density at radius 1 is 1.17 bits per heavy atom. The Bertz CT molecular complexity index is 690. The summed E-state index contributed by atoms with van der Waals surface area (Å²) >= 11 is 0. The van der Waals surface area contributed by atoms with Gasteiger partial charge in [0.25, 0.3) is 0 Å². The second kappa shape index (κ2) is 7.00. The number of hydrogen-bond donors (Lipinski definition) is 0. The van der Waals surface area contributed by atoms with Crippen molar-refractivity contribution in [2.45, 2.75) is 19.9 Å². The van der Waals surface area contributed by atoms with Crippen molar-refractivity contribution in [1.29, 1.82) is 0 Å². The van der Waals surface area contributed by atoms with Crippen LogP contribution in [0.15, 0.2) is 28.7 Å². The Morgan fingerprint density at radius 3 is 2.42 bits per heavy atom. The Balaban J connectivity index is 1.67. The molecule has 1 saturated heterocycles. The molecule has 128 valence electrons. The summed E-state index contributed by atoms with van der Waals surface area (Å²) in [6, 6.07) is 7.55. The smallest absolute Gasteiger partial charge is 0.247 e. The second-order valence-corrected chi connectivity index (χ2v) is 5.89. The second-order valence-electron chi connectivity index (χ2n) is 5.89. The van der Waals surface area contributed by atoms with Gasteiger partial charge in [-0.15, -0.1) is 10.2 Å². The van der Waals surface area contributed by atoms with Gasteiger partial charge in [0.05, 0.1) is 13.2 Å². The highest BCUT2D eigenvalue weighted by Crippen LogP contribution is 2.26. The van der Waals surface area contributed by atoms with Gasteiger partial charge in [0.15, 0.2) is 0 Å². The largest absolute Gasteiger partial charge is 0.497 e. The van der Waals surface area contributed by atoms with Gasteiger partial charge in [0.1, 0.15) is 5.75 Å². The van der Waals surface area contributed by atoms with E-state index in [2.05, 4.69) is 22.0 Å². The maximum atomic E-state index is 11.4. The minimum atomic E-state index is 0.0265. The molecule has 24 heavy (non-hydrogen) atoms. The van der Waals surface area contributed by atoms with Crippen molar-refractivity contribution in [1.82, 2.24) is 20.0 Å². The monoisotopic (exact) mass is 330 g/mol. The van der Waals surface area contributed by atoms with E-state index in [-0.39, 0.29) is 11.9 Å². The SMILES string of the molecule is COc1ccc(-c2nnc([C@H](C)N3CCN(C(C)=O)CC3)o2)cc1. The molecule has 3 rings (SSSR count). The summed E-state index contributed by atoms with van der Waals surface area (Å²) in [7, 11) is 1.63. The Morgan fingerprint density at radius 2 is 1.83 bits per heavy atom. The van der Waals surface area contributed by atoms with Crippen molar-refractivity contribution in [2.24, 2.45) is 0 Å². The minimum absolute atomic E-state index is 0.0265. The van der Waals surface area contributed by atoms with Gasteiger partial charge in [-0.3, -0.25) is 9.69 Å². The van der Waals surface area contributed by atoms with Crippen LogP contribution in [0.3, 0.4) is 0 Å². The molecule has 0 aliphatic carbocycles. The lowest BCUT2D eigenvalue weighted by atomic mass is 10.2. The Labute approximate surface area is 141 Å². The van der Waals surface area contributed by atoms with Gasteiger partial charge < -0.3 is 14.1 Å². The van der Waals surface area contributed by atoms with E-state index in [4.69, 9.17) is 9.15 Å². The van der Waals surface area contributed by atoms with Crippen molar-refractivity contribution < 1.29 is 13.9 Å². The Hall–Kier alpha value is -2.41. The van der Waals surface area contributed by atoms with Crippen LogP contribution in [0.4, 0.5) is 0 Å². The molecule has 1 amide bonds. The third-order valence-electron chi connectivity index (χ3n) is 4.44. The summed E-state index contributed by atoms with van der Waals surface area (Å²) in [4.78, 5) is 15.5. The summed E-state index contributed by atoms with van der Waals surface area (Å²) in [6.45, 7) is 6.74. The number of ether oxygens (including phenoxy) is 1. The van der Waals surface area contributed by atoms with Crippen molar-refractivity contribution in [3.05, 3.63) is 30.2 Å². The van der Waals surface area contributed by atoms with E-state index < -0.39 is 0 Å². The summed E-state index contributed by atoms with van der Waals surface area (Å²) in [5.41, 5.74) is 0.864. The zero-order valence-corrected chi connectivity index (χ0v) is 14.2. The van der Waals surface area contributed by atoms with Crippen LogP contribution in [0.1, 0.15) is 25.8 Å². The molecule has 7 heteroatoms. The first-order chi connectivity index (χ1) is 11.6. The molecule has 0 radical (unpaired) electrons. The fraction of sp³-hybridized carbons (Fsp3) is 0.471. The molecule has 2 heterocycles. The van der Waals surface area contributed by atoms with Crippen LogP contribution >= 0.6 is 0 Å². The van der Waals surface area contributed by atoms with Gasteiger partial charge in [-0.2, -0.15) is 0 Å². The predicted molar refractivity (Wildman–Crippen MR) is 88.5 cm³/mol. The van der Waals surface area contributed by atoms with E-state index in [9.17, 15) is 4.79 Å². The number of rotatable bonds is 4. The van der Waals surface area contributed by atoms with Gasteiger partial charge in [-0.05, 0) is 31.2 Å². The zero-order valence-electron chi connectivity index (χ0n) is 14.2. The molecule has 0 N–H and O–H groups in total. The van der Waals surface area contributed by atoms with E-state index >= 15 is 0 Å². The lowest BCUT2D eigenvalue weighted by Crippen LogP contribution is -2.48. The normalized spacial score (nSPS) is 16.9. The van der Waals surface area contributed by atoms with Gasteiger partial charge in [0.2, 0.25) is 17.7 Å². The van der Waals surface area contributed by atoms with Crippen LogP contribution in [-0.4, -0.2) is 59.2 Å². The highest BCUT2D eigenvalue weighted by atomic mass is 16.5. The summed E-state index contributed by atoms with van der Waals surface area (Å²) in [5, 5.41) is 8.35. The first-order valence-electron chi connectivity index (χ1n) is 8.06. The Kier molecular flexibility index (Phi) is 4.80. The number of piperazine rings is 1. The average molecular weight is 330 g/mol. The van der Waals surface area contributed by atoms with E-state index in [1.807, 2.05) is 29.2 Å². The molecule has 7 nitrogen and oxygen atoms in total. The number of aromatic nitrogens is 2. The van der Waals surface area contributed by atoms with Gasteiger partial charge in [0, 0.05) is 38.7 Å². The van der Waals surface area contributed by atoms with E-state index in [1.54, 1.807) is 14.0 Å². The molecule has 0 bridgehead atoms. The van der Waals surface area contributed by atoms with Crippen molar-refractivity contribution in [3.63, 3.8) is 0 Å². The zero-order chi connectivity index (χ0) is 17.1. The molecule has 1 aliphatic rings. The maximum Gasteiger partial charge on any atom is 0.247 e. The highest BCUT2D eigenvalue weighted by molar-refractivity contribution is 5.73. The molecule has 1 aromatic carbocycles. The lowest BCUT2D eigenvalue weighted by molar-refractivity contribution is -0.130. The quantitative estimate of drug-likeness (QED) is 0.853. The lowest BCUT2D eigenvalue weighted by Gasteiger charge is -2.36. The fourth-order valence-electron chi connectivity index (χ4n) is 2.83. The number of amides is 1.